The summed E-state index contributed by atoms with van der Waals surface area (Å²) in [4.78, 5) is 8.60. The minimum absolute atomic E-state index is 0. The van der Waals surface area contributed by atoms with Crippen molar-refractivity contribution in [3.05, 3.63) is 23.9 Å². The van der Waals surface area contributed by atoms with Crippen LogP contribution in [0.5, 0.6) is 5.88 Å². The van der Waals surface area contributed by atoms with Gasteiger partial charge in [-0.2, -0.15) is 0 Å². The van der Waals surface area contributed by atoms with Crippen molar-refractivity contribution in [2.45, 2.75) is 71.1 Å². The van der Waals surface area contributed by atoms with Crippen molar-refractivity contribution in [2.75, 3.05) is 7.05 Å². The number of nitrogens with one attached hydrogen (secondary N) is 2. The zero-order chi connectivity index (χ0) is 16.5. The number of halogens is 1. The highest BCUT2D eigenvalue weighted by molar-refractivity contribution is 14.0. The second kappa shape index (κ2) is 11.5. The molecule has 1 unspecified atom stereocenters. The Morgan fingerprint density at radius 2 is 2.12 bits per heavy atom. The number of aromatic nitrogens is 1. The molecule has 24 heavy (non-hydrogen) atoms. The summed E-state index contributed by atoms with van der Waals surface area (Å²) in [6, 6.07) is 4.44. The van der Waals surface area contributed by atoms with E-state index in [9.17, 15) is 0 Å². The summed E-state index contributed by atoms with van der Waals surface area (Å²) in [5.41, 5.74) is 1.15. The van der Waals surface area contributed by atoms with E-state index >= 15 is 0 Å². The van der Waals surface area contributed by atoms with Crippen LogP contribution in [-0.4, -0.2) is 30.1 Å². The van der Waals surface area contributed by atoms with Crippen LogP contribution in [0.3, 0.4) is 0 Å². The van der Waals surface area contributed by atoms with E-state index in [4.69, 9.17) is 4.74 Å². The SMILES string of the molecule is CCC(C)NC(=NC)NCc1ccnc(OC2CCCCC2)c1.I. The molecule has 0 aromatic carbocycles. The lowest BCUT2D eigenvalue weighted by Gasteiger charge is -2.22. The lowest BCUT2D eigenvalue weighted by atomic mass is 9.98. The van der Waals surface area contributed by atoms with Crippen LogP contribution in [0.2, 0.25) is 0 Å². The monoisotopic (exact) mass is 446 g/mol. The van der Waals surface area contributed by atoms with Crippen molar-refractivity contribution in [2.24, 2.45) is 4.99 Å². The minimum Gasteiger partial charge on any atom is -0.474 e. The molecular formula is C18H31IN4O. The molecule has 1 aromatic heterocycles. The minimum atomic E-state index is 0. The third kappa shape index (κ3) is 7.23. The predicted molar refractivity (Wildman–Crippen MR) is 110 cm³/mol. The lowest BCUT2D eigenvalue weighted by Crippen LogP contribution is -2.41. The molecule has 2 rings (SSSR count). The number of pyridine rings is 1. The van der Waals surface area contributed by atoms with E-state index < -0.39 is 0 Å². The van der Waals surface area contributed by atoms with Crippen LogP contribution in [0, 0.1) is 0 Å². The number of rotatable bonds is 6. The van der Waals surface area contributed by atoms with Gasteiger partial charge in [-0.05, 0) is 50.7 Å². The maximum atomic E-state index is 6.03. The molecule has 0 aliphatic heterocycles. The van der Waals surface area contributed by atoms with Crippen LogP contribution in [-0.2, 0) is 6.54 Å². The highest BCUT2D eigenvalue weighted by atomic mass is 127. The molecule has 0 radical (unpaired) electrons. The van der Waals surface area contributed by atoms with E-state index in [1.54, 1.807) is 7.05 Å². The third-order valence-corrected chi connectivity index (χ3v) is 4.32. The molecule has 1 saturated carbocycles. The van der Waals surface area contributed by atoms with Gasteiger partial charge in [-0.15, -0.1) is 24.0 Å². The summed E-state index contributed by atoms with van der Waals surface area (Å²) in [6.07, 6.45) is 9.38. The van der Waals surface area contributed by atoms with Gasteiger partial charge in [0.25, 0.3) is 0 Å². The molecule has 5 nitrogen and oxygen atoms in total. The normalized spacial score (nSPS) is 16.9. The Morgan fingerprint density at radius 1 is 1.38 bits per heavy atom. The van der Waals surface area contributed by atoms with Crippen molar-refractivity contribution in [3.8, 4) is 5.88 Å². The van der Waals surface area contributed by atoms with Crippen LogP contribution in [0.1, 0.15) is 57.9 Å². The van der Waals surface area contributed by atoms with E-state index in [0.717, 1.165) is 36.7 Å². The molecule has 1 fully saturated rings. The van der Waals surface area contributed by atoms with Crippen LogP contribution in [0.4, 0.5) is 0 Å². The standard InChI is InChI=1S/C18H30N4O.HI/c1-4-14(2)22-18(19-3)21-13-15-10-11-20-17(12-15)23-16-8-6-5-7-9-16;/h10-12,14,16H,4-9,13H2,1-3H3,(H2,19,21,22);1H. The third-order valence-electron chi connectivity index (χ3n) is 4.32. The molecule has 1 heterocycles. The first-order valence-electron chi connectivity index (χ1n) is 8.80. The molecule has 1 atom stereocenters. The van der Waals surface area contributed by atoms with Crippen LogP contribution in [0.15, 0.2) is 23.3 Å². The van der Waals surface area contributed by atoms with Crippen molar-refractivity contribution < 1.29 is 4.74 Å². The number of hydrogen-bond donors (Lipinski definition) is 2. The van der Waals surface area contributed by atoms with Gasteiger partial charge in [0.1, 0.15) is 6.10 Å². The fourth-order valence-electron chi connectivity index (χ4n) is 2.69. The molecule has 0 amide bonds. The highest BCUT2D eigenvalue weighted by Gasteiger charge is 2.15. The fourth-order valence-corrected chi connectivity index (χ4v) is 2.69. The molecule has 0 saturated heterocycles. The number of ether oxygens (including phenoxy) is 1. The summed E-state index contributed by atoms with van der Waals surface area (Å²) in [5, 5.41) is 6.70. The Kier molecular flexibility index (Phi) is 10.1. The predicted octanol–water partition coefficient (Wildman–Crippen LogP) is 3.87. The fraction of sp³-hybridized carbons (Fsp3) is 0.667. The Balaban J connectivity index is 0.00000288. The molecule has 0 bridgehead atoms. The van der Waals surface area contributed by atoms with E-state index in [2.05, 4.69) is 34.5 Å². The Morgan fingerprint density at radius 3 is 2.79 bits per heavy atom. The maximum absolute atomic E-state index is 6.03. The quantitative estimate of drug-likeness (QED) is 0.396. The van der Waals surface area contributed by atoms with Gasteiger partial charge in [0.15, 0.2) is 5.96 Å². The number of guanidine groups is 1. The molecule has 1 aromatic rings. The van der Waals surface area contributed by atoms with Gasteiger partial charge in [0.05, 0.1) is 0 Å². The zero-order valence-electron chi connectivity index (χ0n) is 15.0. The Hall–Kier alpha value is -1.05. The molecule has 136 valence electrons. The molecule has 6 heteroatoms. The van der Waals surface area contributed by atoms with Crippen LogP contribution < -0.4 is 15.4 Å². The van der Waals surface area contributed by atoms with Gasteiger partial charge >= 0.3 is 0 Å². The number of aliphatic imine (C=N–C) groups is 1. The van der Waals surface area contributed by atoms with Crippen molar-refractivity contribution in [1.82, 2.24) is 15.6 Å². The maximum Gasteiger partial charge on any atom is 0.213 e. The average Bonchev–Trinajstić information content (AvgIpc) is 2.59. The second-order valence-corrected chi connectivity index (χ2v) is 6.26. The van der Waals surface area contributed by atoms with Crippen LogP contribution in [0.25, 0.3) is 0 Å². The largest absolute Gasteiger partial charge is 0.474 e. The van der Waals surface area contributed by atoms with E-state index in [1.165, 1.54) is 19.3 Å². The first-order valence-corrected chi connectivity index (χ1v) is 8.80. The Bertz CT molecular complexity index is 504. The molecule has 1 aliphatic rings. The van der Waals surface area contributed by atoms with Gasteiger partial charge in [-0.1, -0.05) is 13.3 Å². The topological polar surface area (TPSA) is 58.5 Å². The van der Waals surface area contributed by atoms with E-state index in [-0.39, 0.29) is 24.0 Å². The summed E-state index contributed by atoms with van der Waals surface area (Å²) in [6.45, 7) is 5.01. The van der Waals surface area contributed by atoms with Crippen LogP contribution >= 0.6 is 24.0 Å². The molecule has 2 N–H and O–H groups in total. The summed E-state index contributed by atoms with van der Waals surface area (Å²) < 4.78 is 6.03. The average molecular weight is 446 g/mol. The first kappa shape index (κ1) is 21.0. The van der Waals surface area contributed by atoms with Gasteiger partial charge < -0.3 is 15.4 Å². The first-order chi connectivity index (χ1) is 11.2. The van der Waals surface area contributed by atoms with Gasteiger partial charge in [0, 0.05) is 31.9 Å². The Labute approximate surface area is 163 Å². The second-order valence-electron chi connectivity index (χ2n) is 6.26. The molecular weight excluding hydrogens is 415 g/mol. The van der Waals surface area contributed by atoms with Crippen molar-refractivity contribution in [3.63, 3.8) is 0 Å². The van der Waals surface area contributed by atoms with E-state index in [0.29, 0.717) is 18.7 Å². The lowest BCUT2D eigenvalue weighted by molar-refractivity contribution is 0.148. The summed E-state index contributed by atoms with van der Waals surface area (Å²) >= 11 is 0. The van der Waals surface area contributed by atoms with Gasteiger partial charge in [-0.25, -0.2) is 4.98 Å². The molecule has 0 spiro atoms. The summed E-state index contributed by atoms with van der Waals surface area (Å²) in [5.74, 6) is 1.56. The number of hydrogen-bond acceptors (Lipinski definition) is 3. The highest BCUT2D eigenvalue weighted by Crippen LogP contribution is 2.22. The van der Waals surface area contributed by atoms with E-state index in [1.807, 2.05) is 18.3 Å². The van der Waals surface area contributed by atoms with Crippen molar-refractivity contribution in [1.29, 1.82) is 0 Å². The van der Waals surface area contributed by atoms with Gasteiger partial charge in [0.2, 0.25) is 5.88 Å². The van der Waals surface area contributed by atoms with Gasteiger partial charge in [-0.3, -0.25) is 4.99 Å². The number of nitrogens with zero attached hydrogens (tertiary/aromatic N) is 2. The zero-order valence-corrected chi connectivity index (χ0v) is 17.4. The smallest absolute Gasteiger partial charge is 0.213 e. The van der Waals surface area contributed by atoms with Crippen molar-refractivity contribution >= 4 is 29.9 Å². The summed E-state index contributed by atoms with van der Waals surface area (Å²) in [7, 11) is 1.79. The molecule has 1 aliphatic carbocycles.